The van der Waals surface area contributed by atoms with E-state index in [1.807, 2.05) is 6.08 Å². The molecule has 1 aliphatic carbocycles. The quantitative estimate of drug-likeness (QED) is 0.682. The summed E-state index contributed by atoms with van der Waals surface area (Å²) in [5, 5.41) is 9.60. The molecule has 1 nitrogen and oxygen atoms in total. The molecule has 0 aromatic heterocycles. The molecule has 0 spiro atoms. The van der Waals surface area contributed by atoms with Crippen molar-refractivity contribution in [1.82, 2.24) is 0 Å². The second-order valence-electron chi connectivity index (χ2n) is 5.11. The van der Waals surface area contributed by atoms with E-state index in [4.69, 9.17) is 0 Å². The van der Waals surface area contributed by atoms with Gasteiger partial charge >= 0.3 is 0 Å². The second kappa shape index (κ2) is 5.89. The molecule has 0 aromatic carbocycles. The Balaban J connectivity index is 2.94. The number of hydrogen-bond acceptors (Lipinski definition) is 1. The van der Waals surface area contributed by atoms with Crippen molar-refractivity contribution in [3.05, 3.63) is 35.5 Å². The van der Waals surface area contributed by atoms with E-state index in [2.05, 4.69) is 43.9 Å². The summed E-state index contributed by atoms with van der Waals surface area (Å²) < 4.78 is 0. The molecule has 0 saturated carbocycles. The molecule has 0 bridgehead atoms. The van der Waals surface area contributed by atoms with Crippen molar-refractivity contribution in [2.24, 2.45) is 5.92 Å². The fourth-order valence-corrected chi connectivity index (χ4v) is 1.60. The molecule has 0 fully saturated rings. The molecule has 1 heteroatoms. The summed E-state index contributed by atoms with van der Waals surface area (Å²) in [7, 11) is 0. The van der Waals surface area contributed by atoms with Crippen LogP contribution in [0.15, 0.2) is 35.5 Å². The summed E-state index contributed by atoms with van der Waals surface area (Å²) in [4.78, 5) is 0. The topological polar surface area (TPSA) is 20.2 Å². The fraction of sp³-hybridized carbons (Fsp3) is 0.500. The Morgan fingerprint density at radius 2 is 2.12 bits per heavy atom. The number of hydrogen-bond donors (Lipinski definition) is 1. The lowest BCUT2D eigenvalue weighted by molar-refractivity contribution is 0.143. The van der Waals surface area contributed by atoms with E-state index < -0.39 is 5.60 Å². The lowest BCUT2D eigenvalue weighted by Gasteiger charge is -2.09. The highest BCUT2D eigenvalue weighted by Gasteiger charge is 2.06. The first-order valence-electron chi connectivity index (χ1n) is 6.25. The molecule has 1 rings (SSSR count). The monoisotopic (exact) mass is 230 g/mol. The molecule has 0 radical (unpaired) electrons. The van der Waals surface area contributed by atoms with Crippen molar-refractivity contribution in [1.29, 1.82) is 0 Å². The molecule has 1 N–H and O–H groups in total. The van der Waals surface area contributed by atoms with Crippen LogP contribution in [0.5, 0.6) is 0 Å². The molecule has 1 aliphatic rings. The average Bonchev–Trinajstić information content (AvgIpc) is 2.21. The molecule has 0 amide bonds. The fourth-order valence-electron chi connectivity index (χ4n) is 1.60. The third-order valence-electron chi connectivity index (χ3n) is 2.61. The Kier molecular flexibility index (Phi) is 4.78. The van der Waals surface area contributed by atoms with E-state index in [0.29, 0.717) is 5.92 Å². The first kappa shape index (κ1) is 13.8. The number of allylic oxidation sites excluding steroid dienone is 6. The number of rotatable bonds is 1. The predicted molar refractivity (Wildman–Crippen MR) is 73.5 cm³/mol. The average molecular weight is 230 g/mol. The van der Waals surface area contributed by atoms with Gasteiger partial charge in [-0.1, -0.05) is 49.5 Å². The summed E-state index contributed by atoms with van der Waals surface area (Å²) >= 11 is 0. The van der Waals surface area contributed by atoms with Crippen LogP contribution >= 0.6 is 0 Å². The van der Waals surface area contributed by atoms with Crippen molar-refractivity contribution >= 4 is 0 Å². The molecule has 92 valence electrons. The third kappa shape index (κ3) is 5.56. The summed E-state index contributed by atoms with van der Waals surface area (Å²) in [5.41, 5.74) is 1.43. The lowest BCUT2D eigenvalue weighted by atomic mass is 9.97. The van der Waals surface area contributed by atoms with Crippen LogP contribution in [0.2, 0.25) is 0 Å². The van der Waals surface area contributed by atoms with Crippen LogP contribution in [-0.2, 0) is 0 Å². The maximum atomic E-state index is 9.60. The zero-order valence-electron chi connectivity index (χ0n) is 11.2. The molecule has 1 unspecified atom stereocenters. The Bertz CT molecular complexity index is 405. The van der Waals surface area contributed by atoms with Crippen LogP contribution in [-0.4, -0.2) is 10.7 Å². The van der Waals surface area contributed by atoms with Crippen LogP contribution < -0.4 is 0 Å². The molecular weight excluding hydrogens is 208 g/mol. The van der Waals surface area contributed by atoms with Crippen LogP contribution in [0, 0.1) is 17.8 Å². The summed E-state index contributed by atoms with van der Waals surface area (Å²) in [6.07, 6.45) is 10.7. The van der Waals surface area contributed by atoms with Crippen molar-refractivity contribution in [2.45, 2.75) is 46.1 Å². The second-order valence-corrected chi connectivity index (χ2v) is 5.11. The van der Waals surface area contributed by atoms with Gasteiger partial charge in [-0.05, 0) is 38.7 Å². The van der Waals surface area contributed by atoms with Gasteiger partial charge in [-0.25, -0.2) is 0 Å². The van der Waals surface area contributed by atoms with Crippen LogP contribution in [0.4, 0.5) is 0 Å². The summed E-state index contributed by atoms with van der Waals surface area (Å²) in [5.74, 6) is 6.40. The lowest BCUT2D eigenvalue weighted by Crippen LogP contribution is -2.14. The minimum Gasteiger partial charge on any atom is -0.378 e. The molecule has 17 heavy (non-hydrogen) atoms. The SMILES string of the molecule is CCC1=CCC(C)C=C(C#CC(C)(C)O)C=C1. The zero-order chi connectivity index (χ0) is 12.9. The van der Waals surface area contributed by atoms with Gasteiger partial charge in [0.05, 0.1) is 0 Å². The zero-order valence-corrected chi connectivity index (χ0v) is 11.2. The van der Waals surface area contributed by atoms with Gasteiger partial charge in [0, 0.05) is 5.57 Å². The first-order chi connectivity index (χ1) is 7.90. The van der Waals surface area contributed by atoms with Gasteiger partial charge in [-0.15, -0.1) is 0 Å². The van der Waals surface area contributed by atoms with E-state index in [1.165, 1.54) is 5.57 Å². The summed E-state index contributed by atoms with van der Waals surface area (Å²) in [6, 6.07) is 0. The van der Waals surface area contributed by atoms with Crippen molar-refractivity contribution in [2.75, 3.05) is 0 Å². The molecule has 1 atom stereocenters. The normalized spacial score (nSPS) is 20.6. The maximum absolute atomic E-state index is 9.60. The highest BCUT2D eigenvalue weighted by molar-refractivity contribution is 5.43. The van der Waals surface area contributed by atoms with Gasteiger partial charge < -0.3 is 5.11 Å². The Morgan fingerprint density at radius 1 is 1.41 bits per heavy atom. The van der Waals surface area contributed by atoms with Crippen molar-refractivity contribution in [3.63, 3.8) is 0 Å². The predicted octanol–water partition coefficient (Wildman–Crippen LogP) is 3.62. The Morgan fingerprint density at radius 3 is 2.71 bits per heavy atom. The van der Waals surface area contributed by atoms with Gasteiger partial charge in [-0.3, -0.25) is 0 Å². The van der Waals surface area contributed by atoms with Crippen LogP contribution in [0.3, 0.4) is 0 Å². The van der Waals surface area contributed by atoms with E-state index >= 15 is 0 Å². The van der Waals surface area contributed by atoms with Crippen molar-refractivity contribution in [3.8, 4) is 11.8 Å². The van der Waals surface area contributed by atoms with Crippen molar-refractivity contribution < 1.29 is 5.11 Å². The molecular formula is C16H22O. The first-order valence-corrected chi connectivity index (χ1v) is 6.25. The van der Waals surface area contributed by atoms with Gasteiger partial charge in [-0.2, -0.15) is 0 Å². The van der Waals surface area contributed by atoms with E-state index in [1.54, 1.807) is 13.8 Å². The third-order valence-corrected chi connectivity index (χ3v) is 2.61. The Labute approximate surface area is 105 Å². The number of aliphatic hydroxyl groups is 1. The maximum Gasteiger partial charge on any atom is 0.120 e. The smallest absolute Gasteiger partial charge is 0.120 e. The molecule has 0 aromatic rings. The minimum atomic E-state index is -0.927. The van der Waals surface area contributed by atoms with Gasteiger partial charge in [0.15, 0.2) is 0 Å². The van der Waals surface area contributed by atoms with Gasteiger partial charge in [0.25, 0.3) is 0 Å². The minimum absolute atomic E-state index is 0.493. The largest absolute Gasteiger partial charge is 0.378 e. The molecule has 0 heterocycles. The van der Waals surface area contributed by atoms with Gasteiger partial charge in [0.2, 0.25) is 0 Å². The molecule has 0 aliphatic heterocycles. The van der Waals surface area contributed by atoms with Crippen LogP contribution in [0.25, 0.3) is 0 Å². The van der Waals surface area contributed by atoms with E-state index in [9.17, 15) is 5.11 Å². The molecule has 0 saturated heterocycles. The summed E-state index contributed by atoms with van der Waals surface area (Å²) in [6.45, 7) is 7.76. The Hall–Kier alpha value is -1.26. The van der Waals surface area contributed by atoms with E-state index in [-0.39, 0.29) is 0 Å². The standard InChI is InChI=1S/C16H22O/c1-5-14-7-6-13(2)12-15(9-8-14)10-11-16(3,4)17/h7-9,12-13,17H,5-6H2,1-4H3. The highest BCUT2D eigenvalue weighted by Crippen LogP contribution is 2.17. The highest BCUT2D eigenvalue weighted by atomic mass is 16.3. The van der Waals surface area contributed by atoms with Crippen LogP contribution in [0.1, 0.15) is 40.5 Å². The van der Waals surface area contributed by atoms with E-state index in [0.717, 1.165) is 18.4 Å². The van der Waals surface area contributed by atoms with Gasteiger partial charge in [0.1, 0.15) is 5.60 Å².